The molecule has 1 atom stereocenters. The number of fused-ring (bicyclic) bond motifs is 1. The highest BCUT2D eigenvalue weighted by Gasteiger charge is 2.37. The molecule has 0 saturated carbocycles. The molecule has 1 aromatic carbocycles. The molecule has 13 heteroatoms. The third-order valence-corrected chi connectivity index (χ3v) is 4.56. The van der Waals surface area contributed by atoms with Crippen LogP contribution in [0.5, 0.6) is 5.75 Å². The fourth-order valence-electron chi connectivity index (χ4n) is 2.79. The van der Waals surface area contributed by atoms with Gasteiger partial charge in [-0.05, 0) is 12.1 Å². The highest BCUT2D eigenvalue weighted by molar-refractivity contribution is 9.10. The van der Waals surface area contributed by atoms with Gasteiger partial charge in [0.05, 0.1) is 5.69 Å². The van der Waals surface area contributed by atoms with Crippen molar-refractivity contribution >= 4 is 39.2 Å². The van der Waals surface area contributed by atoms with Crippen LogP contribution in [0.3, 0.4) is 0 Å². The van der Waals surface area contributed by atoms with Crippen LogP contribution in [0, 0.1) is 22.8 Å². The zero-order valence-electron chi connectivity index (χ0n) is 14.2. The van der Waals surface area contributed by atoms with E-state index < -0.39 is 18.2 Å². The molecule has 148 valence electrons. The summed E-state index contributed by atoms with van der Waals surface area (Å²) >= 11 is 3.20. The van der Waals surface area contributed by atoms with Crippen LogP contribution in [0.2, 0.25) is 0 Å². The number of aliphatic imine (C=N–C) groups is 1. The molecule has 1 aromatic heterocycles. The topological polar surface area (TPSA) is 158 Å². The van der Waals surface area contributed by atoms with Crippen LogP contribution in [0.25, 0.3) is 0 Å². The minimum absolute atomic E-state index is 0.0328. The molecule has 9 nitrogen and oxygen atoms in total. The first-order valence-corrected chi connectivity index (χ1v) is 8.48. The number of aromatic nitrogens is 1. The summed E-state index contributed by atoms with van der Waals surface area (Å²) in [5.41, 5.74) is 11.6. The van der Waals surface area contributed by atoms with Gasteiger partial charge >= 0.3 is 6.36 Å². The lowest BCUT2D eigenvalue weighted by atomic mass is 9.94. The molecule has 0 radical (unpaired) electrons. The van der Waals surface area contributed by atoms with Gasteiger partial charge in [-0.25, -0.2) is 9.98 Å². The minimum atomic E-state index is -4.97. The van der Waals surface area contributed by atoms with E-state index in [0.29, 0.717) is 0 Å². The first-order chi connectivity index (χ1) is 13.7. The number of guanidine groups is 1. The van der Waals surface area contributed by atoms with Gasteiger partial charge in [0.25, 0.3) is 0 Å². The standard InChI is InChI=1S/C16H10BrF3N8O/c17-7-2-1-3-8(29-16(18,19)20)9(7)12-10-11(23)6(4-21)13(24)27-14(10)28-15(26-12)25-5-22/h1-3,12H,(H6,23,24,25,26,27,28). The molecule has 1 aliphatic heterocycles. The summed E-state index contributed by atoms with van der Waals surface area (Å²) in [5, 5.41) is 23.1. The second-order valence-electron chi connectivity index (χ2n) is 5.60. The van der Waals surface area contributed by atoms with Crippen LogP contribution in [0.1, 0.15) is 22.7 Å². The van der Waals surface area contributed by atoms with Crippen LogP contribution in [-0.4, -0.2) is 17.3 Å². The van der Waals surface area contributed by atoms with E-state index in [1.54, 1.807) is 6.19 Å². The summed E-state index contributed by atoms with van der Waals surface area (Å²) in [7, 11) is 0. The van der Waals surface area contributed by atoms with Gasteiger partial charge in [0.1, 0.15) is 35.1 Å². The van der Waals surface area contributed by atoms with Crippen LogP contribution >= 0.6 is 15.9 Å². The number of nitrogen functional groups attached to an aromatic ring is 2. The summed E-state index contributed by atoms with van der Waals surface area (Å²) in [6.45, 7) is 0. The summed E-state index contributed by atoms with van der Waals surface area (Å²) in [5.74, 6) is -0.799. The number of hydrogen-bond donors (Lipinski definition) is 4. The smallest absolute Gasteiger partial charge is 0.405 e. The van der Waals surface area contributed by atoms with Crippen molar-refractivity contribution in [2.45, 2.75) is 12.4 Å². The molecule has 3 rings (SSSR count). The first kappa shape index (κ1) is 20.0. The van der Waals surface area contributed by atoms with Gasteiger partial charge in [-0.2, -0.15) is 10.5 Å². The van der Waals surface area contributed by atoms with Crippen molar-refractivity contribution in [3.05, 3.63) is 39.4 Å². The molecule has 0 spiro atoms. The summed E-state index contributed by atoms with van der Waals surface area (Å²) < 4.78 is 43.2. The van der Waals surface area contributed by atoms with Crippen molar-refractivity contribution in [3.63, 3.8) is 0 Å². The second kappa shape index (κ2) is 7.37. The largest absolute Gasteiger partial charge is 0.573 e. The van der Waals surface area contributed by atoms with E-state index >= 15 is 0 Å². The van der Waals surface area contributed by atoms with Crippen molar-refractivity contribution in [2.75, 3.05) is 16.8 Å². The van der Waals surface area contributed by atoms with Crippen molar-refractivity contribution in [1.82, 2.24) is 10.3 Å². The second-order valence-corrected chi connectivity index (χ2v) is 6.46. The number of anilines is 3. The van der Waals surface area contributed by atoms with E-state index in [9.17, 15) is 18.4 Å². The Kier molecular flexibility index (Phi) is 5.09. The lowest BCUT2D eigenvalue weighted by Crippen LogP contribution is -2.33. The molecule has 2 heterocycles. The van der Waals surface area contributed by atoms with Crippen molar-refractivity contribution < 1.29 is 17.9 Å². The Labute approximate surface area is 169 Å². The summed E-state index contributed by atoms with van der Waals surface area (Å²) in [4.78, 5) is 8.27. The Morgan fingerprint density at radius 1 is 1.24 bits per heavy atom. The molecular weight excluding hydrogens is 457 g/mol. The van der Waals surface area contributed by atoms with E-state index in [2.05, 4.69) is 41.3 Å². The molecule has 0 saturated heterocycles. The number of benzene rings is 1. The molecule has 0 amide bonds. The molecule has 2 aromatic rings. The molecule has 0 aliphatic carbocycles. The summed E-state index contributed by atoms with van der Waals surface area (Å²) in [6.07, 6.45) is -3.32. The van der Waals surface area contributed by atoms with Crippen LogP contribution in [0.4, 0.5) is 30.5 Å². The normalized spacial score (nSPS) is 15.2. The maximum absolute atomic E-state index is 12.9. The molecule has 1 unspecified atom stereocenters. The maximum Gasteiger partial charge on any atom is 0.573 e. The minimum Gasteiger partial charge on any atom is -0.405 e. The first-order valence-electron chi connectivity index (χ1n) is 7.69. The molecule has 0 bridgehead atoms. The van der Waals surface area contributed by atoms with Gasteiger partial charge in [0.2, 0.25) is 5.96 Å². The number of nitrogens with two attached hydrogens (primary N) is 2. The highest BCUT2D eigenvalue weighted by Crippen LogP contribution is 2.46. The number of nitrogens with one attached hydrogen (secondary N) is 2. The predicted molar refractivity (Wildman–Crippen MR) is 100 cm³/mol. The Hall–Kier alpha value is -3.71. The van der Waals surface area contributed by atoms with Gasteiger partial charge in [-0.15, -0.1) is 13.2 Å². The van der Waals surface area contributed by atoms with Crippen molar-refractivity contribution in [1.29, 1.82) is 10.5 Å². The predicted octanol–water partition coefficient (Wildman–Crippen LogP) is 2.72. The number of nitriles is 2. The number of nitrogens with zero attached hydrogens (tertiary/aromatic N) is 4. The number of alkyl halides is 3. The fourth-order valence-corrected chi connectivity index (χ4v) is 3.35. The zero-order valence-corrected chi connectivity index (χ0v) is 15.8. The Bertz CT molecular complexity index is 1100. The Morgan fingerprint density at radius 2 is 1.97 bits per heavy atom. The highest BCUT2D eigenvalue weighted by atomic mass is 79.9. The van der Waals surface area contributed by atoms with Crippen LogP contribution < -0.4 is 26.8 Å². The monoisotopic (exact) mass is 466 g/mol. The number of pyridine rings is 1. The molecule has 0 fully saturated rings. The van der Waals surface area contributed by atoms with Crippen LogP contribution in [0.15, 0.2) is 27.7 Å². The van der Waals surface area contributed by atoms with Gasteiger partial charge in [0, 0.05) is 15.6 Å². The average molecular weight is 467 g/mol. The number of rotatable bonds is 2. The zero-order chi connectivity index (χ0) is 21.3. The number of halogens is 4. The quantitative estimate of drug-likeness (QED) is 0.388. The number of ether oxygens (including phenoxy) is 1. The van der Waals surface area contributed by atoms with Gasteiger partial charge in [0.15, 0.2) is 6.19 Å². The average Bonchev–Trinajstić information content (AvgIpc) is 2.60. The summed E-state index contributed by atoms with van der Waals surface area (Å²) in [6, 6.07) is 4.55. The maximum atomic E-state index is 12.9. The SMILES string of the molecule is N#CNC1=NC(c2c(Br)cccc2OC(F)(F)F)c2c(nc(N)c(C#N)c2N)N1. The van der Waals surface area contributed by atoms with Crippen LogP contribution in [-0.2, 0) is 0 Å². The Morgan fingerprint density at radius 3 is 2.59 bits per heavy atom. The van der Waals surface area contributed by atoms with Gasteiger partial charge < -0.3 is 21.5 Å². The van der Waals surface area contributed by atoms with E-state index in [1.807, 2.05) is 6.07 Å². The van der Waals surface area contributed by atoms with Crippen molar-refractivity contribution in [3.8, 4) is 18.0 Å². The van der Waals surface area contributed by atoms with E-state index in [-0.39, 0.29) is 44.4 Å². The van der Waals surface area contributed by atoms with E-state index in [0.717, 1.165) is 6.07 Å². The lowest BCUT2D eigenvalue weighted by Gasteiger charge is -2.28. The lowest BCUT2D eigenvalue weighted by molar-refractivity contribution is -0.275. The number of hydrogen-bond acceptors (Lipinski definition) is 9. The van der Waals surface area contributed by atoms with Gasteiger partial charge in [-0.3, -0.25) is 5.32 Å². The third-order valence-electron chi connectivity index (χ3n) is 3.87. The van der Waals surface area contributed by atoms with E-state index in [1.165, 1.54) is 12.1 Å². The van der Waals surface area contributed by atoms with E-state index in [4.69, 9.17) is 16.7 Å². The molecule has 6 N–H and O–H groups in total. The fraction of sp³-hybridized carbons (Fsp3) is 0.125. The van der Waals surface area contributed by atoms with Crippen molar-refractivity contribution in [2.24, 2.45) is 4.99 Å². The molecule has 1 aliphatic rings. The molecule has 29 heavy (non-hydrogen) atoms. The van der Waals surface area contributed by atoms with Gasteiger partial charge in [-0.1, -0.05) is 22.0 Å². The third kappa shape index (κ3) is 3.81. The molecular formula is C16H10BrF3N8O. The Balaban J connectivity index is 2.31.